The molecule has 3 unspecified atom stereocenters. The number of rotatable bonds is 6. The third-order valence-corrected chi connectivity index (χ3v) is 8.84. The zero-order valence-electron chi connectivity index (χ0n) is 20.3. The van der Waals surface area contributed by atoms with Gasteiger partial charge in [0.2, 0.25) is 0 Å². The van der Waals surface area contributed by atoms with Gasteiger partial charge in [-0.2, -0.15) is 0 Å². The molecule has 5 heteroatoms. The summed E-state index contributed by atoms with van der Waals surface area (Å²) in [6.45, 7) is 14.9. The topological polar surface area (TPSA) is 88.5 Å². The van der Waals surface area contributed by atoms with Crippen molar-refractivity contribution in [3.63, 3.8) is 0 Å². The number of fused-ring (bicyclic) bond motifs is 1. The van der Waals surface area contributed by atoms with E-state index in [0.29, 0.717) is 6.42 Å². The Balaban J connectivity index is 2.24. The van der Waals surface area contributed by atoms with Gasteiger partial charge in [0, 0.05) is 5.92 Å². The highest BCUT2D eigenvalue weighted by molar-refractivity contribution is 6.37. The van der Waals surface area contributed by atoms with Crippen LogP contribution in [0.4, 0.5) is 0 Å². The van der Waals surface area contributed by atoms with Gasteiger partial charge in [-0.1, -0.05) is 39.3 Å². The van der Waals surface area contributed by atoms with Crippen molar-refractivity contribution in [1.82, 2.24) is 0 Å². The van der Waals surface area contributed by atoms with Gasteiger partial charge in [0.05, 0.1) is 16.4 Å². The summed E-state index contributed by atoms with van der Waals surface area (Å²) in [7, 11) is 0. The number of allylic oxidation sites excluding steroid dienone is 2. The molecule has 0 aliphatic heterocycles. The van der Waals surface area contributed by atoms with Crippen molar-refractivity contribution < 1.29 is 24.3 Å². The Morgan fingerprint density at radius 2 is 1.74 bits per heavy atom. The molecule has 3 aliphatic carbocycles. The minimum atomic E-state index is -1.36. The SMILES string of the molecule is CCC(C)C(=O)C1C(=O)C2(CC=C(C)C)C[C@H]3C(C)(C)[C@H](C(C)(C)O)C[C@@]3(C1=O)C2=O. The van der Waals surface area contributed by atoms with E-state index in [4.69, 9.17) is 0 Å². The smallest absolute Gasteiger partial charge is 0.164 e. The molecular weight excluding hydrogens is 392 g/mol. The molecule has 2 bridgehead atoms. The molecule has 1 spiro atoms. The van der Waals surface area contributed by atoms with Crippen molar-refractivity contribution >= 4 is 23.1 Å². The lowest BCUT2D eigenvalue weighted by Gasteiger charge is -2.41. The van der Waals surface area contributed by atoms with Crippen molar-refractivity contribution in [1.29, 1.82) is 0 Å². The van der Waals surface area contributed by atoms with Gasteiger partial charge in [-0.05, 0) is 70.6 Å². The van der Waals surface area contributed by atoms with Gasteiger partial charge in [0.25, 0.3) is 0 Å². The van der Waals surface area contributed by atoms with Gasteiger partial charge < -0.3 is 5.11 Å². The summed E-state index contributed by atoms with van der Waals surface area (Å²) in [5.41, 5.74) is -3.28. The van der Waals surface area contributed by atoms with Crippen LogP contribution in [0.2, 0.25) is 0 Å². The molecule has 31 heavy (non-hydrogen) atoms. The molecule has 6 atom stereocenters. The highest BCUT2D eigenvalue weighted by Gasteiger charge is 2.80. The van der Waals surface area contributed by atoms with Crippen LogP contribution < -0.4 is 0 Å². The number of Topliss-reactive ketones (excluding diaryl/α,β-unsaturated/α-hetero) is 4. The summed E-state index contributed by atoms with van der Waals surface area (Å²) < 4.78 is 0. The number of hydrogen-bond donors (Lipinski definition) is 1. The highest BCUT2D eigenvalue weighted by Crippen LogP contribution is 2.72. The summed E-state index contributed by atoms with van der Waals surface area (Å²) >= 11 is 0. The Bertz CT molecular complexity index is 869. The van der Waals surface area contributed by atoms with E-state index in [1.54, 1.807) is 20.8 Å². The normalized spacial score (nSPS) is 37.6. The van der Waals surface area contributed by atoms with Gasteiger partial charge in [-0.3, -0.25) is 19.2 Å². The molecule has 172 valence electrons. The predicted molar refractivity (Wildman–Crippen MR) is 118 cm³/mol. The first-order valence-electron chi connectivity index (χ1n) is 11.6. The maximum absolute atomic E-state index is 14.1. The molecule has 3 saturated carbocycles. The van der Waals surface area contributed by atoms with Crippen LogP contribution in [0.15, 0.2) is 11.6 Å². The van der Waals surface area contributed by atoms with E-state index in [1.807, 2.05) is 40.7 Å². The molecule has 3 fully saturated rings. The molecule has 5 nitrogen and oxygen atoms in total. The van der Waals surface area contributed by atoms with Gasteiger partial charge in [0.1, 0.15) is 5.92 Å². The lowest BCUT2D eigenvalue weighted by molar-refractivity contribution is -0.161. The van der Waals surface area contributed by atoms with Crippen molar-refractivity contribution in [2.45, 2.75) is 86.7 Å². The average molecular weight is 431 g/mol. The molecule has 0 heterocycles. The van der Waals surface area contributed by atoms with E-state index < -0.39 is 45.2 Å². The second kappa shape index (κ2) is 7.19. The van der Waals surface area contributed by atoms with E-state index in [0.717, 1.165) is 5.57 Å². The van der Waals surface area contributed by atoms with Crippen LogP contribution in [0, 0.1) is 39.9 Å². The fourth-order valence-electron chi connectivity index (χ4n) is 6.97. The van der Waals surface area contributed by atoms with Gasteiger partial charge in [-0.25, -0.2) is 0 Å². The van der Waals surface area contributed by atoms with E-state index in [2.05, 4.69) is 0 Å². The quantitative estimate of drug-likeness (QED) is 0.506. The minimum absolute atomic E-state index is 0.208. The van der Waals surface area contributed by atoms with Crippen LogP contribution in [0.25, 0.3) is 0 Å². The van der Waals surface area contributed by atoms with Crippen LogP contribution >= 0.6 is 0 Å². The van der Waals surface area contributed by atoms with E-state index >= 15 is 0 Å². The maximum Gasteiger partial charge on any atom is 0.164 e. The zero-order chi connectivity index (χ0) is 23.7. The number of hydrogen-bond acceptors (Lipinski definition) is 5. The first kappa shape index (κ1) is 24.0. The summed E-state index contributed by atoms with van der Waals surface area (Å²) in [4.78, 5) is 55.0. The third-order valence-electron chi connectivity index (χ3n) is 8.84. The number of carbonyl (C=O) groups is 4. The summed E-state index contributed by atoms with van der Waals surface area (Å²) in [6.07, 6.45) is 3.17. The lowest BCUT2D eigenvalue weighted by Crippen LogP contribution is -2.59. The van der Waals surface area contributed by atoms with Crippen molar-refractivity contribution in [3.8, 4) is 0 Å². The Kier molecular flexibility index (Phi) is 5.58. The second-order valence-electron chi connectivity index (χ2n) is 11.7. The summed E-state index contributed by atoms with van der Waals surface area (Å²) in [5.74, 6) is -4.06. The molecule has 3 rings (SSSR count). The number of ketones is 4. The Hall–Kier alpha value is -1.62. The largest absolute Gasteiger partial charge is 0.390 e. The molecule has 1 N–H and O–H groups in total. The van der Waals surface area contributed by atoms with Gasteiger partial charge in [-0.15, -0.1) is 0 Å². The molecule has 0 aromatic heterocycles. The molecule has 0 saturated heterocycles. The Labute approximate surface area is 186 Å². The van der Waals surface area contributed by atoms with Crippen molar-refractivity contribution in [2.24, 2.45) is 39.9 Å². The molecule has 0 aromatic rings. The minimum Gasteiger partial charge on any atom is -0.390 e. The molecular formula is C26H38O5. The van der Waals surface area contributed by atoms with Crippen LogP contribution in [-0.2, 0) is 19.2 Å². The van der Waals surface area contributed by atoms with Gasteiger partial charge >= 0.3 is 0 Å². The fraction of sp³-hybridized carbons (Fsp3) is 0.769. The van der Waals surface area contributed by atoms with E-state index in [1.165, 1.54) is 0 Å². The summed E-state index contributed by atoms with van der Waals surface area (Å²) in [5, 5.41) is 10.9. The van der Waals surface area contributed by atoms with Crippen LogP contribution in [0.5, 0.6) is 0 Å². The third kappa shape index (κ3) is 3.06. The van der Waals surface area contributed by atoms with Crippen LogP contribution in [0.1, 0.15) is 81.1 Å². The molecule has 3 aliphatic rings. The number of carbonyl (C=O) groups excluding carboxylic acids is 4. The first-order valence-corrected chi connectivity index (χ1v) is 11.6. The average Bonchev–Trinajstić information content (AvgIpc) is 3.03. The Morgan fingerprint density at radius 3 is 2.23 bits per heavy atom. The van der Waals surface area contributed by atoms with Crippen LogP contribution in [-0.4, -0.2) is 33.8 Å². The Morgan fingerprint density at radius 1 is 1.16 bits per heavy atom. The summed E-state index contributed by atoms with van der Waals surface area (Å²) in [6, 6.07) is 0. The molecule has 0 amide bonds. The zero-order valence-corrected chi connectivity index (χ0v) is 20.3. The van der Waals surface area contributed by atoms with Crippen LogP contribution in [0.3, 0.4) is 0 Å². The molecule has 0 radical (unpaired) electrons. The van der Waals surface area contributed by atoms with Crippen molar-refractivity contribution in [2.75, 3.05) is 0 Å². The first-order chi connectivity index (χ1) is 14.1. The standard InChI is InChI=1S/C26H38O5/c1-9-15(4)19(27)18-20(28)25(11-10-14(2)3)12-17-23(5,6)16(24(7,8)31)13-26(17,21(18)29)22(25)30/h10,15-18,31H,9,11-13H2,1-8H3/t15?,16-,17+,18?,25?,26-/m1/s1. The lowest BCUT2D eigenvalue weighted by atomic mass is 9.57. The van der Waals surface area contributed by atoms with Crippen molar-refractivity contribution in [3.05, 3.63) is 11.6 Å². The number of aliphatic hydroxyl groups is 1. The highest BCUT2D eigenvalue weighted by atomic mass is 16.3. The second-order valence-corrected chi connectivity index (χ2v) is 11.7. The maximum atomic E-state index is 14.1. The predicted octanol–water partition coefficient (Wildman–Crippen LogP) is 4.10. The fourth-order valence-corrected chi connectivity index (χ4v) is 6.97. The van der Waals surface area contributed by atoms with E-state index in [9.17, 15) is 24.3 Å². The van der Waals surface area contributed by atoms with E-state index in [-0.39, 0.29) is 42.7 Å². The monoisotopic (exact) mass is 430 g/mol. The van der Waals surface area contributed by atoms with Gasteiger partial charge in [0.15, 0.2) is 23.1 Å². The molecule has 0 aromatic carbocycles.